The third-order valence-corrected chi connectivity index (χ3v) is 3.50. The van der Waals surface area contributed by atoms with E-state index in [-0.39, 0.29) is 0 Å². The lowest BCUT2D eigenvalue weighted by atomic mass is 9.89. The van der Waals surface area contributed by atoms with Crippen LogP contribution < -0.4 is 5.32 Å². The van der Waals surface area contributed by atoms with E-state index in [1.54, 1.807) is 7.05 Å². The van der Waals surface area contributed by atoms with Crippen LogP contribution in [0.4, 0.5) is 0 Å². The summed E-state index contributed by atoms with van der Waals surface area (Å²) in [5.41, 5.74) is 5.30. The monoisotopic (exact) mass is 237 g/mol. The minimum absolute atomic E-state index is 0.382. The number of hydrogen-bond acceptors (Lipinski definition) is 3. The van der Waals surface area contributed by atoms with Crippen LogP contribution in [0.1, 0.15) is 33.9 Å². The van der Waals surface area contributed by atoms with Gasteiger partial charge in [0.15, 0.2) is 0 Å². The third-order valence-electron chi connectivity index (χ3n) is 3.50. The first-order valence-corrected chi connectivity index (χ1v) is 5.98. The van der Waals surface area contributed by atoms with Gasteiger partial charge in [0.2, 0.25) is 0 Å². The summed E-state index contributed by atoms with van der Waals surface area (Å²) in [6, 6.07) is 2.12. The van der Waals surface area contributed by atoms with E-state index in [0.29, 0.717) is 6.54 Å². The van der Waals surface area contributed by atoms with Crippen molar-refractivity contribution in [1.82, 2.24) is 5.32 Å². The number of nitrogens with one attached hydrogen (secondary N) is 1. The number of aryl methyl sites for hydroxylation is 2. The van der Waals surface area contributed by atoms with E-state index in [1.165, 1.54) is 0 Å². The van der Waals surface area contributed by atoms with E-state index in [4.69, 9.17) is 0 Å². The van der Waals surface area contributed by atoms with Crippen molar-refractivity contribution in [2.24, 2.45) is 0 Å². The van der Waals surface area contributed by atoms with Crippen molar-refractivity contribution in [3.05, 3.63) is 33.9 Å². The molecule has 1 aromatic rings. The Kier molecular flexibility index (Phi) is 4.69. The molecule has 0 saturated heterocycles. The quantitative estimate of drug-likeness (QED) is 0.744. The summed E-state index contributed by atoms with van der Waals surface area (Å²) in [6.45, 7) is 8.43. The SMILES string of the molecule is CNCC(O)C(O)c1c(C)c(C)cc(C)c1C. The maximum Gasteiger partial charge on any atom is 0.107 e. The van der Waals surface area contributed by atoms with Gasteiger partial charge in [-0.2, -0.15) is 0 Å². The zero-order valence-corrected chi connectivity index (χ0v) is 11.3. The molecule has 0 aliphatic heterocycles. The number of hydrogen-bond donors (Lipinski definition) is 3. The fourth-order valence-corrected chi connectivity index (χ4v) is 2.20. The molecule has 1 aromatic carbocycles. The molecule has 0 bridgehead atoms. The molecule has 0 aliphatic rings. The van der Waals surface area contributed by atoms with Crippen LogP contribution in [0.2, 0.25) is 0 Å². The smallest absolute Gasteiger partial charge is 0.107 e. The van der Waals surface area contributed by atoms with Crippen LogP contribution in [-0.4, -0.2) is 29.9 Å². The Bertz CT molecular complexity index is 375. The molecular formula is C14H23NO2. The average Bonchev–Trinajstić information content (AvgIpc) is 2.27. The molecule has 0 aliphatic carbocycles. The van der Waals surface area contributed by atoms with Gasteiger partial charge in [-0.05, 0) is 62.6 Å². The fourth-order valence-electron chi connectivity index (χ4n) is 2.20. The Hall–Kier alpha value is -0.900. The van der Waals surface area contributed by atoms with Gasteiger partial charge in [-0.1, -0.05) is 6.07 Å². The molecule has 96 valence electrons. The predicted octanol–water partition coefficient (Wildman–Crippen LogP) is 1.53. The molecule has 0 radical (unpaired) electrons. The molecule has 0 aromatic heterocycles. The van der Waals surface area contributed by atoms with Gasteiger partial charge in [-0.3, -0.25) is 0 Å². The van der Waals surface area contributed by atoms with Crippen LogP contribution in [0.15, 0.2) is 6.07 Å². The first kappa shape index (κ1) is 14.2. The lowest BCUT2D eigenvalue weighted by molar-refractivity contribution is 0.0194. The first-order valence-electron chi connectivity index (χ1n) is 5.98. The molecule has 2 unspecified atom stereocenters. The number of aliphatic hydroxyl groups is 2. The van der Waals surface area contributed by atoms with Gasteiger partial charge in [0.1, 0.15) is 6.10 Å². The third kappa shape index (κ3) is 2.86. The molecular weight excluding hydrogens is 214 g/mol. The maximum atomic E-state index is 10.2. The average molecular weight is 237 g/mol. The molecule has 0 fully saturated rings. The van der Waals surface area contributed by atoms with Crippen molar-refractivity contribution >= 4 is 0 Å². The molecule has 0 amide bonds. The van der Waals surface area contributed by atoms with Gasteiger partial charge in [0.05, 0.1) is 6.10 Å². The fraction of sp³-hybridized carbons (Fsp3) is 0.571. The molecule has 0 heterocycles. The van der Waals surface area contributed by atoms with Crippen LogP contribution in [0.3, 0.4) is 0 Å². The zero-order valence-electron chi connectivity index (χ0n) is 11.3. The van der Waals surface area contributed by atoms with Gasteiger partial charge in [-0.15, -0.1) is 0 Å². The van der Waals surface area contributed by atoms with Crippen molar-refractivity contribution in [3.8, 4) is 0 Å². The molecule has 3 nitrogen and oxygen atoms in total. The Morgan fingerprint density at radius 2 is 1.53 bits per heavy atom. The van der Waals surface area contributed by atoms with Crippen LogP contribution in [-0.2, 0) is 0 Å². The van der Waals surface area contributed by atoms with E-state index in [1.807, 2.05) is 27.7 Å². The van der Waals surface area contributed by atoms with Crippen molar-refractivity contribution in [2.75, 3.05) is 13.6 Å². The minimum Gasteiger partial charge on any atom is -0.389 e. The normalized spacial score (nSPS) is 14.8. The molecule has 0 spiro atoms. The standard InChI is InChI=1S/C14H23NO2/c1-8-6-9(2)11(4)13(10(8)3)14(17)12(16)7-15-5/h6,12,14-17H,7H2,1-5H3. The summed E-state index contributed by atoms with van der Waals surface area (Å²) < 4.78 is 0. The van der Waals surface area contributed by atoms with Gasteiger partial charge in [0.25, 0.3) is 0 Å². The topological polar surface area (TPSA) is 52.5 Å². The van der Waals surface area contributed by atoms with Crippen LogP contribution >= 0.6 is 0 Å². The molecule has 2 atom stereocenters. The Labute approximate surface area is 103 Å². The Morgan fingerprint density at radius 1 is 1.06 bits per heavy atom. The molecule has 1 rings (SSSR count). The van der Waals surface area contributed by atoms with Crippen molar-refractivity contribution in [1.29, 1.82) is 0 Å². The second kappa shape index (κ2) is 5.63. The summed E-state index contributed by atoms with van der Waals surface area (Å²) in [5, 5.41) is 23.0. The predicted molar refractivity (Wildman–Crippen MR) is 70.3 cm³/mol. The summed E-state index contributed by atoms with van der Waals surface area (Å²) in [5.74, 6) is 0. The summed E-state index contributed by atoms with van der Waals surface area (Å²) in [4.78, 5) is 0. The van der Waals surface area contributed by atoms with Crippen LogP contribution in [0.5, 0.6) is 0 Å². The van der Waals surface area contributed by atoms with Crippen molar-refractivity contribution in [3.63, 3.8) is 0 Å². The van der Waals surface area contributed by atoms with E-state index in [9.17, 15) is 10.2 Å². The molecule has 3 N–H and O–H groups in total. The minimum atomic E-state index is -0.832. The second-order valence-electron chi connectivity index (χ2n) is 4.74. The lowest BCUT2D eigenvalue weighted by Gasteiger charge is -2.24. The number of likely N-dealkylation sites (N-methyl/N-ethyl adjacent to an activating group) is 1. The Morgan fingerprint density at radius 3 is 1.94 bits per heavy atom. The highest BCUT2D eigenvalue weighted by Gasteiger charge is 2.22. The highest BCUT2D eigenvalue weighted by molar-refractivity contribution is 5.45. The van der Waals surface area contributed by atoms with Crippen LogP contribution in [0.25, 0.3) is 0 Å². The lowest BCUT2D eigenvalue weighted by Crippen LogP contribution is -2.30. The Balaban J connectivity index is 3.20. The number of benzene rings is 1. The van der Waals surface area contributed by atoms with Gasteiger partial charge < -0.3 is 15.5 Å². The van der Waals surface area contributed by atoms with E-state index < -0.39 is 12.2 Å². The van der Waals surface area contributed by atoms with Gasteiger partial charge in [-0.25, -0.2) is 0 Å². The molecule has 17 heavy (non-hydrogen) atoms. The maximum absolute atomic E-state index is 10.2. The van der Waals surface area contributed by atoms with E-state index in [2.05, 4.69) is 11.4 Å². The molecule has 0 saturated carbocycles. The van der Waals surface area contributed by atoms with Gasteiger partial charge >= 0.3 is 0 Å². The van der Waals surface area contributed by atoms with Crippen molar-refractivity contribution < 1.29 is 10.2 Å². The van der Waals surface area contributed by atoms with Crippen LogP contribution in [0, 0.1) is 27.7 Å². The number of aliphatic hydroxyl groups excluding tert-OH is 2. The highest BCUT2D eigenvalue weighted by atomic mass is 16.3. The number of rotatable bonds is 4. The summed E-state index contributed by atoms with van der Waals surface area (Å²) >= 11 is 0. The summed E-state index contributed by atoms with van der Waals surface area (Å²) in [7, 11) is 1.76. The largest absolute Gasteiger partial charge is 0.389 e. The van der Waals surface area contributed by atoms with E-state index in [0.717, 1.165) is 27.8 Å². The van der Waals surface area contributed by atoms with E-state index >= 15 is 0 Å². The molecule has 3 heteroatoms. The highest BCUT2D eigenvalue weighted by Crippen LogP contribution is 2.29. The summed E-state index contributed by atoms with van der Waals surface area (Å²) in [6.07, 6.45) is -1.61. The second-order valence-corrected chi connectivity index (χ2v) is 4.74. The first-order chi connectivity index (χ1) is 7.90. The zero-order chi connectivity index (χ0) is 13.2. The van der Waals surface area contributed by atoms with Gasteiger partial charge in [0, 0.05) is 6.54 Å². The van der Waals surface area contributed by atoms with Crippen molar-refractivity contribution in [2.45, 2.75) is 39.9 Å².